The van der Waals surface area contributed by atoms with Gasteiger partial charge in [0.2, 0.25) is 0 Å². The van der Waals surface area contributed by atoms with Gasteiger partial charge >= 0.3 is 0 Å². The van der Waals surface area contributed by atoms with Gasteiger partial charge in [-0.2, -0.15) is 11.3 Å². The molecule has 116 valence electrons. The normalized spacial score (nSPS) is 26.5. The van der Waals surface area contributed by atoms with Crippen molar-refractivity contribution in [1.29, 1.82) is 0 Å². The first-order valence-electron chi connectivity index (χ1n) is 8.54. The van der Waals surface area contributed by atoms with Gasteiger partial charge < -0.3 is 0 Å². The number of hydrogen-bond acceptors (Lipinski definition) is 3. The van der Waals surface area contributed by atoms with Gasteiger partial charge in [0, 0.05) is 31.5 Å². The van der Waals surface area contributed by atoms with Gasteiger partial charge in [0.1, 0.15) is 5.78 Å². The number of Topliss-reactive ketones (excluding diaryl/α,β-unsaturated/α-hetero) is 1. The predicted molar refractivity (Wildman–Crippen MR) is 88.5 cm³/mol. The van der Waals surface area contributed by atoms with Crippen LogP contribution in [0.25, 0.3) is 0 Å². The molecule has 2 fully saturated rings. The minimum Gasteiger partial charge on any atom is -0.299 e. The average molecular weight is 305 g/mol. The largest absolute Gasteiger partial charge is 0.299 e. The van der Waals surface area contributed by atoms with Crippen molar-refractivity contribution < 1.29 is 4.79 Å². The van der Waals surface area contributed by atoms with Gasteiger partial charge in [0.15, 0.2) is 0 Å². The fourth-order valence-corrected chi connectivity index (χ4v) is 4.39. The van der Waals surface area contributed by atoms with Crippen LogP contribution in [-0.4, -0.2) is 23.3 Å². The number of nitrogens with zero attached hydrogens (tertiary/aromatic N) is 1. The highest BCUT2D eigenvalue weighted by Crippen LogP contribution is 2.34. The van der Waals surface area contributed by atoms with Crippen molar-refractivity contribution >= 4 is 17.1 Å². The molecule has 2 nitrogen and oxygen atoms in total. The fraction of sp³-hybridized carbons (Fsp3) is 0.722. The van der Waals surface area contributed by atoms with Gasteiger partial charge in [-0.25, -0.2) is 0 Å². The number of carbonyl (C=O) groups is 1. The van der Waals surface area contributed by atoms with Crippen molar-refractivity contribution in [3.8, 4) is 0 Å². The molecule has 0 aromatic carbocycles. The van der Waals surface area contributed by atoms with Crippen molar-refractivity contribution in [3.63, 3.8) is 0 Å². The molecule has 1 heterocycles. The van der Waals surface area contributed by atoms with Crippen LogP contribution in [0.15, 0.2) is 16.8 Å². The molecule has 3 rings (SSSR count). The van der Waals surface area contributed by atoms with Gasteiger partial charge in [0.25, 0.3) is 0 Å². The minimum absolute atomic E-state index is 0.300. The third kappa shape index (κ3) is 4.17. The summed E-state index contributed by atoms with van der Waals surface area (Å²) in [6.45, 7) is 4.30. The maximum atomic E-state index is 12.3. The lowest BCUT2D eigenvalue weighted by Gasteiger charge is -2.32. The van der Waals surface area contributed by atoms with E-state index in [0.717, 1.165) is 44.3 Å². The van der Waals surface area contributed by atoms with E-state index in [9.17, 15) is 4.79 Å². The zero-order chi connectivity index (χ0) is 14.7. The Kier molecular flexibility index (Phi) is 5.12. The van der Waals surface area contributed by atoms with E-state index < -0.39 is 0 Å². The Hall–Kier alpha value is -0.670. The molecule has 2 saturated carbocycles. The summed E-state index contributed by atoms with van der Waals surface area (Å²) in [4.78, 5) is 14.9. The van der Waals surface area contributed by atoms with Gasteiger partial charge in [-0.15, -0.1) is 0 Å². The van der Waals surface area contributed by atoms with Crippen LogP contribution in [0.4, 0.5) is 0 Å². The smallest absolute Gasteiger partial charge is 0.137 e. The maximum Gasteiger partial charge on any atom is 0.137 e. The highest BCUT2D eigenvalue weighted by Gasteiger charge is 2.35. The van der Waals surface area contributed by atoms with E-state index in [1.165, 1.54) is 31.2 Å². The van der Waals surface area contributed by atoms with E-state index in [2.05, 4.69) is 28.7 Å². The molecule has 0 aliphatic heterocycles. The summed E-state index contributed by atoms with van der Waals surface area (Å²) in [5.41, 5.74) is 1.42. The molecule has 2 atom stereocenters. The number of thiophene rings is 1. The van der Waals surface area contributed by atoms with Crippen molar-refractivity contribution in [3.05, 3.63) is 22.4 Å². The molecule has 3 heteroatoms. The van der Waals surface area contributed by atoms with E-state index >= 15 is 0 Å². The second-order valence-electron chi connectivity index (χ2n) is 6.88. The average Bonchev–Trinajstić information content (AvgIpc) is 3.20. The van der Waals surface area contributed by atoms with Crippen molar-refractivity contribution in [2.75, 3.05) is 6.54 Å². The van der Waals surface area contributed by atoms with Gasteiger partial charge in [-0.05, 0) is 54.0 Å². The van der Waals surface area contributed by atoms with Crippen LogP contribution in [0.3, 0.4) is 0 Å². The zero-order valence-corrected chi connectivity index (χ0v) is 13.9. The molecule has 0 radical (unpaired) electrons. The first-order valence-corrected chi connectivity index (χ1v) is 9.48. The molecular formula is C18H27NOS. The summed E-state index contributed by atoms with van der Waals surface area (Å²) in [5.74, 6) is 1.62. The Morgan fingerprint density at radius 3 is 2.86 bits per heavy atom. The summed E-state index contributed by atoms with van der Waals surface area (Å²) in [5, 5.41) is 4.40. The summed E-state index contributed by atoms with van der Waals surface area (Å²) in [7, 11) is 0. The van der Waals surface area contributed by atoms with Crippen LogP contribution in [0, 0.1) is 11.8 Å². The molecule has 2 aliphatic rings. The summed E-state index contributed by atoms with van der Waals surface area (Å²) < 4.78 is 0. The van der Waals surface area contributed by atoms with E-state index in [4.69, 9.17) is 0 Å². The van der Waals surface area contributed by atoms with E-state index in [1.54, 1.807) is 11.3 Å². The van der Waals surface area contributed by atoms with Gasteiger partial charge in [-0.3, -0.25) is 9.69 Å². The van der Waals surface area contributed by atoms with Crippen LogP contribution in [0.5, 0.6) is 0 Å². The first-order chi connectivity index (χ1) is 10.3. The Morgan fingerprint density at radius 2 is 2.19 bits per heavy atom. The standard InChI is InChI=1S/C18H27NOS/c1-2-3-14-4-7-18(20)16(10-14)12-19(17-5-6-17)11-15-8-9-21-13-15/h8-9,13-14,16-17H,2-7,10-12H2,1H3. The van der Waals surface area contributed by atoms with E-state index in [1.807, 2.05) is 0 Å². The molecule has 0 amide bonds. The van der Waals surface area contributed by atoms with Crippen LogP contribution in [-0.2, 0) is 11.3 Å². The third-order valence-electron chi connectivity index (χ3n) is 5.05. The third-order valence-corrected chi connectivity index (χ3v) is 5.79. The summed E-state index contributed by atoms with van der Waals surface area (Å²) >= 11 is 1.77. The van der Waals surface area contributed by atoms with Crippen LogP contribution >= 0.6 is 11.3 Å². The summed E-state index contributed by atoms with van der Waals surface area (Å²) in [6, 6.07) is 2.96. The lowest BCUT2D eigenvalue weighted by atomic mass is 9.78. The van der Waals surface area contributed by atoms with Crippen molar-refractivity contribution in [2.45, 2.75) is 64.5 Å². The highest BCUT2D eigenvalue weighted by atomic mass is 32.1. The molecule has 1 aromatic rings. The van der Waals surface area contributed by atoms with Crippen molar-refractivity contribution in [1.82, 2.24) is 4.90 Å². The topological polar surface area (TPSA) is 20.3 Å². The van der Waals surface area contributed by atoms with Gasteiger partial charge in [0.05, 0.1) is 0 Å². The Morgan fingerprint density at radius 1 is 1.33 bits per heavy atom. The van der Waals surface area contributed by atoms with E-state index in [0.29, 0.717) is 11.7 Å². The Labute approximate surface area is 132 Å². The monoisotopic (exact) mass is 305 g/mol. The summed E-state index contributed by atoms with van der Waals surface area (Å²) in [6.07, 6.45) is 8.31. The lowest BCUT2D eigenvalue weighted by molar-refractivity contribution is -0.126. The first kappa shape index (κ1) is 15.2. The van der Waals surface area contributed by atoms with Crippen molar-refractivity contribution in [2.24, 2.45) is 11.8 Å². The van der Waals surface area contributed by atoms with Crippen LogP contribution in [0.2, 0.25) is 0 Å². The molecule has 21 heavy (non-hydrogen) atoms. The second kappa shape index (κ2) is 7.06. The Balaban J connectivity index is 1.59. The SMILES string of the molecule is CCCC1CCC(=O)C(CN(Cc2ccsc2)C2CC2)C1. The van der Waals surface area contributed by atoms with E-state index in [-0.39, 0.29) is 0 Å². The molecule has 2 unspecified atom stereocenters. The predicted octanol–water partition coefficient (Wildman–Crippen LogP) is 4.50. The van der Waals surface area contributed by atoms with Gasteiger partial charge in [-0.1, -0.05) is 19.8 Å². The molecule has 0 N–H and O–H groups in total. The number of hydrogen-bond donors (Lipinski definition) is 0. The molecular weight excluding hydrogens is 278 g/mol. The molecule has 2 aliphatic carbocycles. The molecule has 0 spiro atoms. The highest BCUT2D eigenvalue weighted by molar-refractivity contribution is 7.07. The Bertz CT molecular complexity index is 452. The second-order valence-corrected chi connectivity index (χ2v) is 7.66. The number of carbonyl (C=O) groups excluding carboxylic acids is 1. The number of ketones is 1. The molecule has 0 saturated heterocycles. The fourth-order valence-electron chi connectivity index (χ4n) is 3.73. The molecule has 1 aromatic heterocycles. The lowest BCUT2D eigenvalue weighted by Crippen LogP contribution is -2.37. The maximum absolute atomic E-state index is 12.3. The van der Waals surface area contributed by atoms with Crippen LogP contribution < -0.4 is 0 Å². The number of rotatable bonds is 7. The van der Waals surface area contributed by atoms with Crippen LogP contribution in [0.1, 0.15) is 57.4 Å². The minimum atomic E-state index is 0.300. The quantitative estimate of drug-likeness (QED) is 0.739. The zero-order valence-electron chi connectivity index (χ0n) is 13.1. The molecule has 0 bridgehead atoms.